The van der Waals surface area contributed by atoms with Crippen LogP contribution in [0.3, 0.4) is 0 Å². The third-order valence-corrected chi connectivity index (χ3v) is 3.40. The summed E-state index contributed by atoms with van der Waals surface area (Å²) in [5.41, 5.74) is 3.80. The van der Waals surface area contributed by atoms with Gasteiger partial charge in [0.1, 0.15) is 5.69 Å². The average Bonchev–Trinajstić information content (AvgIpc) is 2.91. The highest BCUT2D eigenvalue weighted by Crippen LogP contribution is 2.27. The fourth-order valence-corrected chi connectivity index (χ4v) is 2.48. The van der Waals surface area contributed by atoms with E-state index in [9.17, 15) is 4.79 Å². The van der Waals surface area contributed by atoms with Gasteiger partial charge >= 0.3 is 0 Å². The van der Waals surface area contributed by atoms with Crippen molar-refractivity contribution in [2.24, 2.45) is 0 Å². The van der Waals surface area contributed by atoms with Crippen LogP contribution in [0.4, 0.5) is 0 Å². The summed E-state index contributed by atoms with van der Waals surface area (Å²) in [6.45, 7) is 0. The Kier molecular flexibility index (Phi) is 2.48. The first-order valence-electron chi connectivity index (χ1n) is 5.61. The maximum absolute atomic E-state index is 11.0. The molecule has 0 saturated heterocycles. The van der Waals surface area contributed by atoms with Crippen molar-refractivity contribution in [3.63, 3.8) is 0 Å². The third kappa shape index (κ3) is 1.67. The molecule has 0 radical (unpaired) electrons. The minimum absolute atomic E-state index is 0.576. The summed E-state index contributed by atoms with van der Waals surface area (Å²) in [5, 5.41) is 5.06. The zero-order valence-electron chi connectivity index (χ0n) is 9.19. The summed E-state index contributed by atoms with van der Waals surface area (Å²) in [7, 11) is 0. The molecule has 0 aliphatic heterocycles. The van der Waals surface area contributed by atoms with Gasteiger partial charge in [-0.2, -0.15) is 5.10 Å². The topological polar surface area (TPSA) is 34.9 Å². The van der Waals surface area contributed by atoms with Crippen LogP contribution in [-0.2, 0) is 12.8 Å². The number of carbonyl (C=O) groups is 1. The van der Waals surface area contributed by atoms with Crippen molar-refractivity contribution in [3.05, 3.63) is 46.2 Å². The van der Waals surface area contributed by atoms with Crippen LogP contribution in [0, 0.1) is 0 Å². The number of aromatic nitrogens is 2. The molecule has 0 N–H and O–H groups in total. The van der Waals surface area contributed by atoms with E-state index < -0.39 is 0 Å². The van der Waals surface area contributed by atoms with E-state index in [0.29, 0.717) is 10.7 Å². The third-order valence-electron chi connectivity index (χ3n) is 3.14. The highest BCUT2D eigenvalue weighted by atomic mass is 35.5. The van der Waals surface area contributed by atoms with Crippen molar-refractivity contribution in [3.8, 4) is 5.69 Å². The second-order valence-electron chi connectivity index (χ2n) is 4.17. The number of halogens is 1. The molecule has 1 aromatic carbocycles. The van der Waals surface area contributed by atoms with Crippen LogP contribution < -0.4 is 0 Å². The Morgan fingerprint density at radius 1 is 1.24 bits per heavy atom. The molecule has 1 aliphatic carbocycles. The number of nitrogens with zero attached hydrogens (tertiary/aromatic N) is 2. The van der Waals surface area contributed by atoms with E-state index in [1.54, 1.807) is 0 Å². The van der Waals surface area contributed by atoms with Crippen LogP contribution in [0.5, 0.6) is 0 Å². The van der Waals surface area contributed by atoms with Gasteiger partial charge in [0.15, 0.2) is 6.29 Å². The smallest absolute Gasteiger partial charge is 0.170 e. The fourth-order valence-electron chi connectivity index (χ4n) is 2.36. The predicted molar refractivity (Wildman–Crippen MR) is 66.0 cm³/mol. The number of hydrogen-bond acceptors (Lipinski definition) is 2. The van der Waals surface area contributed by atoms with Crippen LogP contribution in [-0.4, -0.2) is 16.1 Å². The minimum atomic E-state index is 0.576. The van der Waals surface area contributed by atoms with Gasteiger partial charge in [-0.1, -0.05) is 11.6 Å². The summed E-state index contributed by atoms with van der Waals surface area (Å²) < 4.78 is 1.86. The summed E-state index contributed by atoms with van der Waals surface area (Å²) >= 11 is 5.86. The van der Waals surface area contributed by atoms with E-state index in [1.807, 2.05) is 28.9 Å². The van der Waals surface area contributed by atoms with E-state index in [0.717, 1.165) is 42.5 Å². The molecule has 4 heteroatoms. The van der Waals surface area contributed by atoms with Gasteiger partial charge in [0.25, 0.3) is 0 Å². The standard InChI is InChI=1S/C13H11ClN2O/c14-9-4-6-10(7-5-9)16-13-3-1-2-11(13)12(8-17)15-16/h4-8H,1-3H2. The fraction of sp³-hybridized carbons (Fsp3) is 0.231. The highest BCUT2D eigenvalue weighted by molar-refractivity contribution is 6.30. The van der Waals surface area contributed by atoms with Gasteiger partial charge in [-0.05, 0) is 43.5 Å². The molecule has 2 aromatic rings. The Labute approximate surface area is 104 Å². The van der Waals surface area contributed by atoms with Gasteiger partial charge in [0.2, 0.25) is 0 Å². The van der Waals surface area contributed by atoms with Gasteiger partial charge < -0.3 is 0 Å². The second-order valence-corrected chi connectivity index (χ2v) is 4.61. The molecular weight excluding hydrogens is 236 g/mol. The molecule has 0 saturated carbocycles. The Morgan fingerprint density at radius 3 is 2.71 bits per heavy atom. The molecule has 3 rings (SSSR count). The normalized spacial score (nSPS) is 13.7. The first kappa shape index (κ1) is 10.5. The van der Waals surface area contributed by atoms with Crippen molar-refractivity contribution in [1.82, 2.24) is 9.78 Å². The second kappa shape index (κ2) is 4.00. The lowest BCUT2D eigenvalue weighted by atomic mass is 10.2. The molecule has 3 nitrogen and oxygen atoms in total. The number of benzene rings is 1. The first-order valence-corrected chi connectivity index (χ1v) is 5.99. The Morgan fingerprint density at radius 2 is 2.00 bits per heavy atom. The minimum Gasteiger partial charge on any atom is -0.296 e. The number of carbonyl (C=O) groups excluding carboxylic acids is 1. The predicted octanol–water partition coefficient (Wildman–Crippen LogP) is 2.83. The molecule has 86 valence electrons. The quantitative estimate of drug-likeness (QED) is 0.764. The first-order chi connectivity index (χ1) is 8.29. The Bertz CT molecular complexity index is 572. The van der Waals surface area contributed by atoms with E-state index in [1.165, 1.54) is 0 Å². The van der Waals surface area contributed by atoms with Crippen LogP contribution >= 0.6 is 11.6 Å². The van der Waals surface area contributed by atoms with Crippen LogP contribution in [0.15, 0.2) is 24.3 Å². The summed E-state index contributed by atoms with van der Waals surface area (Å²) in [6.07, 6.45) is 3.88. The van der Waals surface area contributed by atoms with Crippen LogP contribution in [0.1, 0.15) is 28.2 Å². The monoisotopic (exact) mass is 246 g/mol. The summed E-state index contributed by atoms with van der Waals surface area (Å²) in [5.74, 6) is 0. The molecule has 0 unspecified atom stereocenters. The molecule has 17 heavy (non-hydrogen) atoms. The Hall–Kier alpha value is -1.61. The van der Waals surface area contributed by atoms with E-state index in [-0.39, 0.29) is 0 Å². The molecule has 1 aliphatic rings. The molecular formula is C13H11ClN2O. The highest BCUT2D eigenvalue weighted by Gasteiger charge is 2.22. The maximum Gasteiger partial charge on any atom is 0.170 e. The van der Waals surface area contributed by atoms with Crippen molar-refractivity contribution >= 4 is 17.9 Å². The lowest BCUT2D eigenvalue weighted by Crippen LogP contribution is -2.01. The Balaban J connectivity index is 2.15. The van der Waals surface area contributed by atoms with Gasteiger partial charge in [0.05, 0.1) is 5.69 Å². The van der Waals surface area contributed by atoms with Gasteiger partial charge in [-0.25, -0.2) is 4.68 Å². The van der Waals surface area contributed by atoms with E-state index >= 15 is 0 Å². The summed E-state index contributed by atoms with van der Waals surface area (Å²) in [4.78, 5) is 11.0. The average molecular weight is 247 g/mol. The largest absolute Gasteiger partial charge is 0.296 e. The van der Waals surface area contributed by atoms with Crippen molar-refractivity contribution in [1.29, 1.82) is 0 Å². The van der Waals surface area contributed by atoms with E-state index in [4.69, 9.17) is 11.6 Å². The van der Waals surface area contributed by atoms with Gasteiger partial charge in [-0.3, -0.25) is 4.79 Å². The molecule has 1 aromatic heterocycles. The SMILES string of the molecule is O=Cc1nn(-c2ccc(Cl)cc2)c2c1CCC2. The number of rotatable bonds is 2. The maximum atomic E-state index is 11.0. The van der Waals surface area contributed by atoms with Crippen molar-refractivity contribution in [2.45, 2.75) is 19.3 Å². The van der Waals surface area contributed by atoms with Crippen molar-refractivity contribution in [2.75, 3.05) is 0 Å². The molecule has 0 spiro atoms. The lowest BCUT2D eigenvalue weighted by Gasteiger charge is -2.05. The zero-order chi connectivity index (χ0) is 11.8. The molecule has 0 atom stereocenters. The van der Waals surface area contributed by atoms with Crippen LogP contribution in [0.2, 0.25) is 5.02 Å². The molecule has 0 fully saturated rings. The van der Waals surface area contributed by atoms with Crippen molar-refractivity contribution < 1.29 is 4.79 Å². The van der Waals surface area contributed by atoms with Gasteiger partial charge in [-0.15, -0.1) is 0 Å². The number of aldehydes is 1. The zero-order valence-corrected chi connectivity index (χ0v) is 9.94. The number of hydrogen-bond donors (Lipinski definition) is 0. The molecule has 0 amide bonds. The summed E-state index contributed by atoms with van der Waals surface area (Å²) in [6, 6.07) is 7.51. The van der Waals surface area contributed by atoms with E-state index in [2.05, 4.69) is 5.10 Å². The molecule has 0 bridgehead atoms. The number of fused-ring (bicyclic) bond motifs is 1. The van der Waals surface area contributed by atoms with Gasteiger partial charge in [0, 0.05) is 16.3 Å². The molecule has 1 heterocycles. The lowest BCUT2D eigenvalue weighted by molar-refractivity contribution is 0.111. The van der Waals surface area contributed by atoms with Crippen LogP contribution in [0.25, 0.3) is 5.69 Å².